The maximum absolute atomic E-state index is 13.6. The molecule has 5 atom stereocenters. The highest BCUT2D eigenvalue weighted by molar-refractivity contribution is 6.02. The number of hydrogen-bond acceptors (Lipinski definition) is 5. The van der Waals surface area contributed by atoms with Gasteiger partial charge in [-0.2, -0.15) is 8.78 Å². The summed E-state index contributed by atoms with van der Waals surface area (Å²) < 4.78 is 30.2. The first kappa shape index (κ1) is 24.2. The number of halogens is 2. The number of nitrogens with one attached hydrogen (secondary N) is 3. The van der Waals surface area contributed by atoms with E-state index in [0.717, 1.165) is 19.3 Å². The van der Waals surface area contributed by atoms with E-state index in [4.69, 9.17) is 0 Å². The van der Waals surface area contributed by atoms with Crippen LogP contribution in [0, 0.1) is 17.8 Å². The van der Waals surface area contributed by atoms with Crippen LogP contribution < -0.4 is 15.4 Å². The molecule has 2 aromatic rings. The van der Waals surface area contributed by atoms with Gasteiger partial charge in [0.05, 0.1) is 6.04 Å². The van der Waals surface area contributed by atoms with Crippen LogP contribution in [-0.4, -0.2) is 65.7 Å². The Morgan fingerprint density at radius 2 is 2.08 bits per heavy atom. The molecule has 0 bridgehead atoms. The number of aromatic amines is 1. The molecule has 3 unspecified atom stereocenters. The van der Waals surface area contributed by atoms with Crippen LogP contribution in [-0.2, 0) is 14.4 Å². The molecular formula is C25H28F2N4O5. The van der Waals surface area contributed by atoms with E-state index in [1.165, 1.54) is 17.0 Å². The van der Waals surface area contributed by atoms with Gasteiger partial charge in [-0.25, -0.2) is 0 Å². The van der Waals surface area contributed by atoms with Crippen molar-refractivity contribution in [1.29, 1.82) is 0 Å². The van der Waals surface area contributed by atoms with Crippen molar-refractivity contribution in [3.8, 4) is 5.75 Å². The number of likely N-dealkylation sites (tertiary alicyclic amines) is 1. The van der Waals surface area contributed by atoms with Gasteiger partial charge in [0.25, 0.3) is 5.91 Å². The molecule has 1 saturated carbocycles. The summed E-state index contributed by atoms with van der Waals surface area (Å²) in [5, 5.41) is 5.84. The lowest BCUT2D eigenvalue weighted by Crippen LogP contribution is -2.52. The quantitative estimate of drug-likeness (QED) is 0.478. The van der Waals surface area contributed by atoms with Gasteiger partial charge in [0.2, 0.25) is 11.8 Å². The first-order valence-electron chi connectivity index (χ1n) is 12.3. The summed E-state index contributed by atoms with van der Waals surface area (Å²) in [7, 11) is 0. The van der Waals surface area contributed by atoms with Crippen molar-refractivity contribution in [1.82, 2.24) is 20.5 Å². The third-order valence-corrected chi connectivity index (χ3v) is 7.68. The van der Waals surface area contributed by atoms with Crippen LogP contribution >= 0.6 is 0 Å². The smallest absolute Gasteiger partial charge is 0.387 e. The lowest BCUT2D eigenvalue weighted by atomic mass is 9.92. The van der Waals surface area contributed by atoms with E-state index in [-0.39, 0.29) is 41.5 Å². The van der Waals surface area contributed by atoms with Crippen molar-refractivity contribution in [2.45, 2.75) is 50.8 Å². The van der Waals surface area contributed by atoms with Crippen molar-refractivity contribution in [2.75, 3.05) is 13.1 Å². The first-order valence-corrected chi connectivity index (χ1v) is 12.3. The molecule has 192 valence electrons. The molecule has 0 radical (unpaired) electrons. The Kier molecular flexibility index (Phi) is 6.63. The molecule has 1 aromatic carbocycles. The third-order valence-electron chi connectivity index (χ3n) is 7.68. The normalized spacial score (nSPS) is 26.2. The number of alkyl halides is 2. The van der Waals surface area contributed by atoms with E-state index in [2.05, 4.69) is 20.4 Å². The number of ether oxygens (including phenoxy) is 1. The predicted octanol–water partition coefficient (Wildman–Crippen LogP) is 2.22. The molecule has 9 nitrogen and oxygen atoms in total. The van der Waals surface area contributed by atoms with Crippen LogP contribution in [0.15, 0.2) is 24.3 Å². The number of amides is 3. The van der Waals surface area contributed by atoms with E-state index >= 15 is 0 Å². The van der Waals surface area contributed by atoms with Crippen molar-refractivity contribution in [3.05, 3.63) is 30.0 Å². The molecule has 11 heteroatoms. The number of nitrogens with zero attached hydrogens (tertiary/aromatic N) is 1. The SMILES string of the molecule is O=C[C@H](C[C@@H]1CCNC1=O)NC(=O)C1C2CCCC2CN1C(=O)c1cc2c(OC(F)F)cccc2[nH]1. The second-order valence-corrected chi connectivity index (χ2v) is 9.80. The van der Waals surface area contributed by atoms with Crippen molar-refractivity contribution >= 4 is 34.9 Å². The monoisotopic (exact) mass is 502 g/mol. The van der Waals surface area contributed by atoms with E-state index in [1.54, 1.807) is 12.1 Å². The fourth-order valence-electron chi connectivity index (χ4n) is 6.04. The van der Waals surface area contributed by atoms with Gasteiger partial charge >= 0.3 is 6.61 Å². The van der Waals surface area contributed by atoms with Gasteiger partial charge in [0.1, 0.15) is 23.8 Å². The zero-order valence-corrected chi connectivity index (χ0v) is 19.5. The van der Waals surface area contributed by atoms with Crippen LogP contribution in [0.2, 0.25) is 0 Å². The highest BCUT2D eigenvalue weighted by Gasteiger charge is 2.50. The number of carbonyl (C=O) groups is 4. The molecule has 5 rings (SSSR count). The number of hydrogen-bond donors (Lipinski definition) is 3. The second kappa shape index (κ2) is 9.87. The van der Waals surface area contributed by atoms with Gasteiger partial charge in [-0.15, -0.1) is 0 Å². The Morgan fingerprint density at radius 3 is 2.81 bits per heavy atom. The maximum atomic E-state index is 13.6. The summed E-state index contributed by atoms with van der Waals surface area (Å²) in [6, 6.07) is 4.48. The van der Waals surface area contributed by atoms with Gasteiger partial charge in [0.15, 0.2) is 0 Å². The number of H-pyrrole nitrogens is 1. The molecule has 1 aliphatic carbocycles. The molecule has 3 N–H and O–H groups in total. The second-order valence-electron chi connectivity index (χ2n) is 9.80. The van der Waals surface area contributed by atoms with Crippen molar-refractivity contribution < 1.29 is 32.7 Å². The average molecular weight is 503 g/mol. The summed E-state index contributed by atoms with van der Waals surface area (Å²) in [6.45, 7) is -2.06. The highest BCUT2D eigenvalue weighted by Crippen LogP contribution is 2.43. The minimum absolute atomic E-state index is 0.0295. The molecule has 3 fully saturated rings. The largest absolute Gasteiger partial charge is 0.434 e. The van der Waals surface area contributed by atoms with Gasteiger partial charge in [-0.3, -0.25) is 14.4 Å². The average Bonchev–Trinajstić information content (AvgIpc) is 3.61. The molecule has 2 saturated heterocycles. The van der Waals surface area contributed by atoms with Crippen molar-refractivity contribution in [2.24, 2.45) is 17.8 Å². The topological polar surface area (TPSA) is 121 Å². The molecule has 3 heterocycles. The summed E-state index contributed by atoms with van der Waals surface area (Å²) in [5.74, 6) is -1.20. The van der Waals surface area contributed by atoms with Crippen LogP contribution in [0.5, 0.6) is 5.75 Å². The Balaban J connectivity index is 1.37. The van der Waals surface area contributed by atoms with E-state index < -0.39 is 30.5 Å². The van der Waals surface area contributed by atoms with Crippen LogP contribution in [0.3, 0.4) is 0 Å². The van der Waals surface area contributed by atoms with Gasteiger partial charge in [-0.05, 0) is 55.7 Å². The molecule has 3 amide bonds. The zero-order valence-electron chi connectivity index (χ0n) is 19.5. The van der Waals surface area contributed by atoms with Crippen LogP contribution in [0.4, 0.5) is 8.78 Å². The summed E-state index contributed by atoms with van der Waals surface area (Å²) in [5.41, 5.74) is 0.635. The van der Waals surface area contributed by atoms with E-state index in [9.17, 15) is 28.0 Å². The van der Waals surface area contributed by atoms with Gasteiger partial charge in [0, 0.05) is 29.9 Å². The van der Waals surface area contributed by atoms with Crippen LogP contribution in [0.25, 0.3) is 10.9 Å². The number of carbonyl (C=O) groups excluding carboxylic acids is 4. The predicted molar refractivity (Wildman–Crippen MR) is 124 cm³/mol. The summed E-state index contributed by atoms with van der Waals surface area (Å²) >= 11 is 0. The Morgan fingerprint density at radius 1 is 1.25 bits per heavy atom. The standard InChI is InChI=1S/C25H28F2N4O5/c26-25(27)36-20-6-2-5-18-17(20)10-19(30-18)24(35)31-11-14-3-1-4-16(14)21(31)23(34)29-15(12-32)9-13-7-8-28-22(13)33/h2,5-6,10,12-16,21,25,30H,1,3-4,7-9,11H2,(H,28,33)(H,29,34)/t13-,14?,15-,16?,21?/m0/s1. The number of benzene rings is 1. The fourth-order valence-corrected chi connectivity index (χ4v) is 6.04. The minimum Gasteiger partial charge on any atom is -0.434 e. The number of rotatable bonds is 8. The lowest BCUT2D eigenvalue weighted by Gasteiger charge is -2.28. The zero-order chi connectivity index (χ0) is 25.4. The fraction of sp³-hybridized carbons (Fsp3) is 0.520. The highest BCUT2D eigenvalue weighted by atomic mass is 19.3. The Hall–Kier alpha value is -3.50. The van der Waals surface area contributed by atoms with E-state index in [1.807, 2.05) is 0 Å². The summed E-state index contributed by atoms with van der Waals surface area (Å²) in [4.78, 5) is 55.1. The molecule has 2 aliphatic heterocycles. The number of aldehydes is 1. The maximum Gasteiger partial charge on any atom is 0.387 e. The first-order chi connectivity index (χ1) is 17.4. The van der Waals surface area contributed by atoms with Crippen molar-refractivity contribution in [3.63, 3.8) is 0 Å². The Labute approximate surface area is 205 Å². The molecule has 36 heavy (non-hydrogen) atoms. The van der Waals surface area contributed by atoms with Gasteiger partial charge < -0.3 is 30.0 Å². The molecule has 0 spiro atoms. The van der Waals surface area contributed by atoms with E-state index in [0.29, 0.717) is 36.7 Å². The minimum atomic E-state index is -3.00. The number of aromatic nitrogens is 1. The van der Waals surface area contributed by atoms with Gasteiger partial charge in [-0.1, -0.05) is 12.5 Å². The lowest BCUT2D eigenvalue weighted by molar-refractivity contribution is -0.129. The molecule has 3 aliphatic rings. The molecular weight excluding hydrogens is 474 g/mol. The molecule has 1 aromatic heterocycles. The number of fused-ring (bicyclic) bond motifs is 2. The van der Waals surface area contributed by atoms with Crippen LogP contribution in [0.1, 0.15) is 42.6 Å². The Bertz CT molecular complexity index is 1180. The third kappa shape index (κ3) is 4.54. The summed E-state index contributed by atoms with van der Waals surface area (Å²) in [6.07, 6.45) is 4.11.